The molecule has 3 saturated heterocycles. The van der Waals surface area contributed by atoms with E-state index in [0.29, 0.717) is 37.0 Å². The number of aryl methyl sites for hydroxylation is 1. The highest BCUT2D eigenvalue weighted by molar-refractivity contribution is 7.89. The zero-order valence-corrected chi connectivity index (χ0v) is 22.5. The third kappa shape index (κ3) is 6.43. The summed E-state index contributed by atoms with van der Waals surface area (Å²) in [6.45, 7) is 2.03. The summed E-state index contributed by atoms with van der Waals surface area (Å²) in [5, 5.41) is 6.89. The molecule has 2 aromatic carbocycles. The van der Waals surface area contributed by atoms with Gasteiger partial charge in [0.05, 0.1) is 10.9 Å². The molecule has 3 heterocycles. The van der Waals surface area contributed by atoms with Crippen LogP contribution in [0.4, 0.5) is 0 Å². The second kappa shape index (κ2) is 12.8. The molecule has 5 rings (SSSR count). The number of sulfonamides is 1. The number of hydrogen-bond donors (Lipinski definition) is 2. The number of carbonyl (C=O) groups is 2. The zero-order chi connectivity index (χ0) is 27.1. The van der Waals surface area contributed by atoms with Gasteiger partial charge in [-0.1, -0.05) is 48.5 Å². The van der Waals surface area contributed by atoms with Gasteiger partial charge in [0.15, 0.2) is 0 Å². The third-order valence-electron chi connectivity index (χ3n) is 7.90. The van der Waals surface area contributed by atoms with Crippen molar-refractivity contribution in [2.75, 3.05) is 26.2 Å². The molecule has 1 amide bonds. The van der Waals surface area contributed by atoms with Gasteiger partial charge in [-0.2, -0.15) is 4.31 Å². The lowest BCUT2D eigenvalue weighted by Crippen LogP contribution is -2.54. The SMILES string of the molecule is N[C@@H]1C[C@H]2C(=O)N([C@@H]3CCCN(S(=O)(=O)c4ccccc4)C3)CCC(CCc3ccccc3)N2C1.O=CO. The summed E-state index contributed by atoms with van der Waals surface area (Å²) in [6.07, 6.45) is 5.13. The van der Waals surface area contributed by atoms with E-state index in [9.17, 15) is 13.2 Å². The van der Waals surface area contributed by atoms with Crippen molar-refractivity contribution in [3.8, 4) is 0 Å². The van der Waals surface area contributed by atoms with Crippen LogP contribution >= 0.6 is 0 Å². The fourth-order valence-electron chi connectivity index (χ4n) is 6.08. The van der Waals surface area contributed by atoms with Gasteiger partial charge in [-0.3, -0.25) is 14.5 Å². The summed E-state index contributed by atoms with van der Waals surface area (Å²) in [7, 11) is -3.57. The Bertz CT molecular complexity index is 1160. The van der Waals surface area contributed by atoms with Gasteiger partial charge in [-0.25, -0.2) is 8.42 Å². The molecule has 0 saturated carbocycles. The van der Waals surface area contributed by atoms with Crippen LogP contribution in [0.2, 0.25) is 0 Å². The molecule has 0 aromatic heterocycles. The van der Waals surface area contributed by atoms with Crippen LogP contribution in [0.5, 0.6) is 0 Å². The minimum atomic E-state index is -3.57. The number of nitrogens with zero attached hydrogens (tertiary/aromatic N) is 3. The van der Waals surface area contributed by atoms with Crippen molar-refractivity contribution in [1.29, 1.82) is 0 Å². The number of nitrogens with two attached hydrogens (primary N) is 1. The topological polar surface area (TPSA) is 124 Å². The van der Waals surface area contributed by atoms with Gasteiger partial charge in [0.1, 0.15) is 0 Å². The standard InChI is InChI=1S/C27H36N4O3S.CH2O2/c28-22-18-26-27(32)30(17-15-23(31(26)19-22)14-13-21-8-3-1-4-9-21)24-10-7-16-29(20-24)35(33,34)25-11-5-2-6-12-25;2-1-3/h1-6,8-9,11-12,22-24,26H,7,10,13-20,28H2;1H,(H,2,3)/t22-,23?,24-,26+;/m1./s1. The number of carbonyl (C=O) groups excluding carboxylic acids is 1. The number of benzene rings is 2. The maximum atomic E-state index is 13.8. The molecule has 4 atom stereocenters. The number of rotatable bonds is 6. The molecule has 3 N–H and O–H groups in total. The van der Waals surface area contributed by atoms with E-state index < -0.39 is 10.0 Å². The van der Waals surface area contributed by atoms with E-state index in [1.807, 2.05) is 17.0 Å². The quantitative estimate of drug-likeness (QED) is 0.536. The first kappa shape index (κ1) is 28.2. The predicted octanol–water partition coefficient (Wildman–Crippen LogP) is 2.18. The van der Waals surface area contributed by atoms with Crippen molar-refractivity contribution in [3.05, 3.63) is 66.2 Å². The third-order valence-corrected chi connectivity index (χ3v) is 9.78. The summed E-state index contributed by atoms with van der Waals surface area (Å²) in [6, 6.07) is 19.1. The average molecular weight is 543 g/mol. The van der Waals surface area contributed by atoms with Gasteiger partial charge < -0.3 is 15.7 Å². The van der Waals surface area contributed by atoms with Crippen LogP contribution in [0.1, 0.15) is 37.7 Å². The summed E-state index contributed by atoms with van der Waals surface area (Å²) in [5.41, 5.74) is 7.66. The minimum absolute atomic E-state index is 0.00411. The van der Waals surface area contributed by atoms with Gasteiger partial charge in [0.25, 0.3) is 6.47 Å². The Morgan fingerprint density at radius 2 is 1.63 bits per heavy atom. The molecule has 0 spiro atoms. The monoisotopic (exact) mass is 542 g/mol. The lowest BCUT2D eigenvalue weighted by molar-refractivity contribution is -0.137. The molecule has 0 bridgehead atoms. The lowest BCUT2D eigenvalue weighted by atomic mass is 10.0. The summed E-state index contributed by atoms with van der Waals surface area (Å²) < 4.78 is 28.1. The average Bonchev–Trinajstić information content (AvgIpc) is 3.28. The van der Waals surface area contributed by atoms with Crippen molar-refractivity contribution in [1.82, 2.24) is 14.1 Å². The van der Waals surface area contributed by atoms with Crippen LogP contribution in [0.25, 0.3) is 0 Å². The van der Waals surface area contributed by atoms with E-state index in [-0.39, 0.29) is 30.5 Å². The molecule has 9 nitrogen and oxygen atoms in total. The molecule has 206 valence electrons. The zero-order valence-electron chi connectivity index (χ0n) is 21.6. The van der Waals surface area contributed by atoms with E-state index in [1.165, 1.54) is 5.56 Å². The van der Waals surface area contributed by atoms with Crippen LogP contribution in [-0.4, -0.2) is 90.4 Å². The number of fused-ring (bicyclic) bond motifs is 1. The second-order valence-corrected chi connectivity index (χ2v) is 12.2. The molecule has 3 aliphatic rings. The van der Waals surface area contributed by atoms with Crippen molar-refractivity contribution >= 4 is 22.4 Å². The Kier molecular flexibility index (Phi) is 9.54. The van der Waals surface area contributed by atoms with Crippen molar-refractivity contribution in [3.63, 3.8) is 0 Å². The Labute approximate surface area is 225 Å². The molecule has 38 heavy (non-hydrogen) atoms. The van der Waals surface area contributed by atoms with Crippen LogP contribution in [0.3, 0.4) is 0 Å². The van der Waals surface area contributed by atoms with E-state index in [2.05, 4.69) is 29.2 Å². The van der Waals surface area contributed by atoms with Gasteiger partial charge in [0.2, 0.25) is 15.9 Å². The summed E-state index contributed by atoms with van der Waals surface area (Å²) >= 11 is 0. The smallest absolute Gasteiger partial charge is 0.290 e. The minimum Gasteiger partial charge on any atom is -0.483 e. The van der Waals surface area contributed by atoms with Crippen LogP contribution in [0.15, 0.2) is 65.6 Å². The molecule has 1 unspecified atom stereocenters. The van der Waals surface area contributed by atoms with E-state index in [4.69, 9.17) is 15.6 Å². The number of piperidine rings is 1. The van der Waals surface area contributed by atoms with Gasteiger partial charge in [-0.15, -0.1) is 0 Å². The summed E-state index contributed by atoms with van der Waals surface area (Å²) in [4.78, 5) is 26.8. The molecular formula is C28H38N4O5S. The maximum absolute atomic E-state index is 13.8. The van der Waals surface area contributed by atoms with Crippen molar-refractivity contribution in [2.24, 2.45) is 5.73 Å². The molecule has 0 radical (unpaired) electrons. The number of carboxylic acid groups (broad SMARTS) is 1. The first-order valence-electron chi connectivity index (χ1n) is 13.3. The van der Waals surface area contributed by atoms with Gasteiger partial charge in [-0.05, 0) is 56.2 Å². The van der Waals surface area contributed by atoms with Gasteiger partial charge >= 0.3 is 0 Å². The Morgan fingerprint density at radius 1 is 0.974 bits per heavy atom. The van der Waals surface area contributed by atoms with Crippen LogP contribution in [0, 0.1) is 0 Å². The molecule has 3 aliphatic heterocycles. The fourth-order valence-corrected chi connectivity index (χ4v) is 7.62. The Morgan fingerprint density at radius 3 is 2.32 bits per heavy atom. The molecule has 0 aliphatic carbocycles. The van der Waals surface area contributed by atoms with E-state index >= 15 is 0 Å². The van der Waals surface area contributed by atoms with Crippen molar-refractivity contribution < 1.29 is 23.1 Å². The second-order valence-electron chi connectivity index (χ2n) is 10.3. The normalized spacial score (nSPS) is 26.7. The van der Waals surface area contributed by atoms with Crippen LogP contribution in [-0.2, 0) is 26.0 Å². The number of amides is 1. The first-order valence-corrected chi connectivity index (χ1v) is 14.8. The molecule has 10 heteroatoms. The Hall–Kier alpha value is -2.79. The lowest BCUT2D eigenvalue weighted by Gasteiger charge is -2.39. The summed E-state index contributed by atoms with van der Waals surface area (Å²) in [5.74, 6) is 0.129. The number of hydrogen-bond acceptors (Lipinski definition) is 6. The van der Waals surface area contributed by atoms with Crippen molar-refractivity contribution in [2.45, 2.75) is 67.6 Å². The largest absolute Gasteiger partial charge is 0.483 e. The highest BCUT2D eigenvalue weighted by Crippen LogP contribution is 2.32. The highest BCUT2D eigenvalue weighted by atomic mass is 32.2. The molecule has 3 fully saturated rings. The molecular weight excluding hydrogens is 504 g/mol. The van der Waals surface area contributed by atoms with E-state index in [0.717, 1.165) is 38.6 Å². The van der Waals surface area contributed by atoms with E-state index in [1.54, 1.807) is 28.6 Å². The Balaban J connectivity index is 0.00000107. The molecule has 2 aromatic rings. The van der Waals surface area contributed by atoms with Gasteiger partial charge in [0, 0.05) is 44.3 Å². The van der Waals surface area contributed by atoms with Crippen LogP contribution < -0.4 is 5.73 Å². The first-order chi connectivity index (χ1) is 18.3. The highest BCUT2D eigenvalue weighted by Gasteiger charge is 2.45. The predicted molar refractivity (Wildman–Crippen MR) is 145 cm³/mol. The maximum Gasteiger partial charge on any atom is 0.290 e. The fraction of sp³-hybridized carbons (Fsp3) is 0.500.